The van der Waals surface area contributed by atoms with Crippen LogP contribution in [0.2, 0.25) is 0 Å². The van der Waals surface area contributed by atoms with Crippen molar-refractivity contribution in [3.63, 3.8) is 0 Å². The van der Waals surface area contributed by atoms with Crippen LogP contribution in [0, 0.1) is 13.8 Å². The summed E-state index contributed by atoms with van der Waals surface area (Å²) in [6.45, 7) is 12.4. The second-order valence-corrected chi connectivity index (χ2v) is 7.09. The van der Waals surface area contributed by atoms with E-state index in [0.29, 0.717) is 12.2 Å². The number of fused-ring (bicyclic) bond motifs is 1. The Morgan fingerprint density at radius 2 is 1.76 bits per heavy atom. The van der Waals surface area contributed by atoms with Crippen molar-refractivity contribution in [2.24, 2.45) is 0 Å². The van der Waals surface area contributed by atoms with E-state index in [-0.39, 0.29) is 5.97 Å². The summed E-state index contributed by atoms with van der Waals surface area (Å²) in [5.41, 5.74) is 6.35. The number of pyridine rings is 1. The number of esters is 1. The minimum Gasteiger partial charge on any atom is -0.462 e. The van der Waals surface area contributed by atoms with Gasteiger partial charge in [-0.25, -0.2) is 4.79 Å². The Hall–Kier alpha value is -3.08. The number of nitrogens with zero attached hydrogens (tertiary/aromatic N) is 2. The van der Waals surface area contributed by atoms with Crippen molar-refractivity contribution in [1.82, 2.24) is 4.98 Å². The third kappa shape index (κ3) is 4.34. The number of aryl methyl sites for hydroxylation is 2. The smallest absolute Gasteiger partial charge is 0.341 e. The number of aromatic nitrogens is 1. The van der Waals surface area contributed by atoms with Crippen LogP contribution >= 0.6 is 0 Å². The second kappa shape index (κ2) is 8.95. The predicted octanol–water partition coefficient (Wildman–Crippen LogP) is 5.62. The van der Waals surface area contributed by atoms with Crippen molar-refractivity contribution in [2.75, 3.05) is 29.9 Å². The third-order valence-corrected chi connectivity index (χ3v) is 5.07. The average Bonchev–Trinajstić information content (AvgIpc) is 2.70. The normalized spacial score (nSPS) is 10.8. The van der Waals surface area contributed by atoms with Gasteiger partial charge in [0.15, 0.2) is 0 Å². The van der Waals surface area contributed by atoms with Gasteiger partial charge in [-0.15, -0.1) is 0 Å². The highest BCUT2D eigenvalue weighted by molar-refractivity contribution is 6.06. The molecule has 5 nitrogen and oxygen atoms in total. The van der Waals surface area contributed by atoms with Crippen molar-refractivity contribution in [2.45, 2.75) is 34.6 Å². The van der Waals surface area contributed by atoms with Crippen LogP contribution in [0.1, 0.15) is 42.3 Å². The van der Waals surface area contributed by atoms with Gasteiger partial charge in [0.25, 0.3) is 0 Å². The van der Waals surface area contributed by atoms with Gasteiger partial charge in [0.05, 0.1) is 17.8 Å². The molecule has 0 aliphatic carbocycles. The Labute approximate surface area is 172 Å². The first-order chi connectivity index (χ1) is 14.0. The number of carbonyl (C=O) groups excluding carboxylic acids is 1. The number of anilines is 3. The minimum absolute atomic E-state index is 0.321. The second-order valence-electron chi connectivity index (χ2n) is 7.09. The van der Waals surface area contributed by atoms with Crippen molar-refractivity contribution in [3.05, 3.63) is 59.3 Å². The summed E-state index contributed by atoms with van der Waals surface area (Å²) >= 11 is 0. The van der Waals surface area contributed by atoms with E-state index in [0.717, 1.165) is 46.5 Å². The van der Waals surface area contributed by atoms with Gasteiger partial charge in [0.1, 0.15) is 5.56 Å². The van der Waals surface area contributed by atoms with E-state index < -0.39 is 0 Å². The molecule has 0 radical (unpaired) electrons. The van der Waals surface area contributed by atoms with Gasteiger partial charge in [0.2, 0.25) is 0 Å². The molecule has 152 valence electrons. The average molecular weight is 392 g/mol. The topological polar surface area (TPSA) is 54.5 Å². The molecule has 0 saturated carbocycles. The van der Waals surface area contributed by atoms with Crippen molar-refractivity contribution in [3.8, 4) is 0 Å². The highest BCUT2D eigenvalue weighted by Gasteiger charge is 2.18. The number of carbonyl (C=O) groups is 1. The fraction of sp³-hybridized carbons (Fsp3) is 0.333. The summed E-state index contributed by atoms with van der Waals surface area (Å²) in [5, 5.41) is 4.37. The molecular weight excluding hydrogens is 362 g/mol. The Morgan fingerprint density at radius 1 is 1.07 bits per heavy atom. The summed E-state index contributed by atoms with van der Waals surface area (Å²) in [4.78, 5) is 19.4. The summed E-state index contributed by atoms with van der Waals surface area (Å²) in [6, 6.07) is 12.4. The monoisotopic (exact) mass is 391 g/mol. The fourth-order valence-corrected chi connectivity index (χ4v) is 3.65. The Bertz CT molecular complexity index is 1010. The zero-order chi connectivity index (χ0) is 21.0. The maximum absolute atomic E-state index is 12.6. The van der Waals surface area contributed by atoms with Crippen LogP contribution in [-0.4, -0.2) is 30.6 Å². The Kier molecular flexibility index (Phi) is 6.37. The lowest BCUT2D eigenvalue weighted by molar-refractivity contribution is 0.0527. The molecule has 0 unspecified atom stereocenters. The lowest BCUT2D eigenvalue weighted by Crippen LogP contribution is -2.21. The number of rotatable bonds is 7. The van der Waals surface area contributed by atoms with Gasteiger partial charge in [-0.3, -0.25) is 4.98 Å². The molecule has 0 bridgehead atoms. The standard InChI is InChI=1S/C24H29N3O2/c1-6-27(7-2)19-11-9-18(10-12-19)26-23-20-14-16(4)13-17(5)22(20)25-15-21(23)24(28)29-8-3/h9-15H,6-8H2,1-5H3,(H,25,26). The molecule has 0 fully saturated rings. The SMILES string of the molecule is CCOC(=O)c1cnc2c(C)cc(C)cc2c1Nc1ccc(N(CC)CC)cc1. The van der Waals surface area contributed by atoms with E-state index in [1.165, 1.54) is 5.69 Å². The van der Waals surface area contributed by atoms with Crippen LogP contribution in [0.4, 0.5) is 17.1 Å². The molecule has 1 N–H and O–H groups in total. The first-order valence-corrected chi connectivity index (χ1v) is 10.2. The molecule has 0 aliphatic heterocycles. The molecule has 0 amide bonds. The van der Waals surface area contributed by atoms with Gasteiger partial charge in [0, 0.05) is 36.0 Å². The summed E-state index contributed by atoms with van der Waals surface area (Å²) in [6.07, 6.45) is 1.61. The number of nitrogens with one attached hydrogen (secondary N) is 1. The zero-order valence-electron chi connectivity index (χ0n) is 17.9. The molecule has 1 aromatic heterocycles. The number of benzene rings is 2. The van der Waals surface area contributed by atoms with Crippen LogP contribution in [0.5, 0.6) is 0 Å². The number of hydrogen-bond acceptors (Lipinski definition) is 5. The lowest BCUT2D eigenvalue weighted by atomic mass is 10.0. The summed E-state index contributed by atoms with van der Waals surface area (Å²) in [7, 11) is 0. The van der Waals surface area contributed by atoms with Crippen molar-refractivity contribution in [1.29, 1.82) is 0 Å². The van der Waals surface area contributed by atoms with Gasteiger partial charge in [-0.1, -0.05) is 11.6 Å². The molecule has 2 aromatic carbocycles. The van der Waals surface area contributed by atoms with Crippen molar-refractivity contribution < 1.29 is 9.53 Å². The van der Waals surface area contributed by atoms with E-state index in [1.54, 1.807) is 13.1 Å². The number of ether oxygens (including phenoxy) is 1. The molecule has 29 heavy (non-hydrogen) atoms. The fourth-order valence-electron chi connectivity index (χ4n) is 3.65. The molecule has 3 rings (SSSR count). The highest BCUT2D eigenvalue weighted by atomic mass is 16.5. The van der Waals surface area contributed by atoms with Crippen LogP contribution < -0.4 is 10.2 Å². The molecule has 5 heteroatoms. The number of hydrogen-bond donors (Lipinski definition) is 1. The van der Waals surface area contributed by atoms with Crippen LogP contribution in [0.3, 0.4) is 0 Å². The highest BCUT2D eigenvalue weighted by Crippen LogP contribution is 2.32. The van der Waals surface area contributed by atoms with E-state index in [4.69, 9.17) is 4.74 Å². The minimum atomic E-state index is -0.372. The van der Waals surface area contributed by atoms with E-state index >= 15 is 0 Å². The van der Waals surface area contributed by atoms with Gasteiger partial charge in [-0.05, 0) is 70.5 Å². The van der Waals surface area contributed by atoms with Gasteiger partial charge < -0.3 is 15.0 Å². The largest absolute Gasteiger partial charge is 0.462 e. The quantitative estimate of drug-likeness (QED) is 0.530. The van der Waals surface area contributed by atoms with E-state index in [1.807, 2.05) is 26.0 Å². The first kappa shape index (κ1) is 20.6. The van der Waals surface area contributed by atoms with E-state index in [9.17, 15) is 4.79 Å². The maximum atomic E-state index is 12.6. The first-order valence-electron chi connectivity index (χ1n) is 10.2. The molecular formula is C24H29N3O2. The molecule has 3 aromatic rings. The lowest BCUT2D eigenvalue weighted by Gasteiger charge is -2.21. The van der Waals surface area contributed by atoms with Crippen LogP contribution in [-0.2, 0) is 4.74 Å². The Balaban J connectivity index is 2.08. The molecule has 0 aliphatic rings. The summed E-state index contributed by atoms with van der Waals surface area (Å²) < 4.78 is 5.27. The van der Waals surface area contributed by atoms with Gasteiger partial charge >= 0.3 is 5.97 Å². The molecule has 0 atom stereocenters. The maximum Gasteiger partial charge on any atom is 0.341 e. The molecule has 0 spiro atoms. The zero-order valence-corrected chi connectivity index (χ0v) is 17.9. The van der Waals surface area contributed by atoms with Crippen molar-refractivity contribution >= 4 is 33.9 Å². The molecule has 0 saturated heterocycles. The van der Waals surface area contributed by atoms with E-state index in [2.05, 4.69) is 53.3 Å². The summed E-state index contributed by atoms with van der Waals surface area (Å²) in [5.74, 6) is -0.372. The van der Waals surface area contributed by atoms with Crippen LogP contribution in [0.25, 0.3) is 10.9 Å². The molecule has 1 heterocycles. The van der Waals surface area contributed by atoms with Crippen LogP contribution in [0.15, 0.2) is 42.6 Å². The van der Waals surface area contributed by atoms with Gasteiger partial charge in [-0.2, -0.15) is 0 Å². The predicted molar refractivity (Wildman–Crippen MR) is 120 cm³/mol. The third-order valence-electron chi connectivity index (χ3n) is 5.07. The Morgan fingerprint density at radius 3 is 2.38 bits per heavy atom.